The molecule has 188 valence electrons. The number of carbonyl (C=O) groups excluding carboxylic acids is 2. The minimum absolute atomic E-state index is 0.0730. The number of rotatable bonds is 7. The maximum absolute atomic E-state index is 13.0. The SMILES string of the molecule is CC(ON1C(C)(C)CC(OC(=O)c2ccc(C(=O)c3ccccc3)cc2)CC1(C)C)c1ccccc1. The second-order valence-corrected chi connectivity index (χ2v) is 10.8. The summed E-state index contributed by atoms with van der Waals surface area (Å²) < 4.78 is 5.97. The zero-order valence-electron chi connectivity index (χ0n) is 21.7. The average Bonchev–Trinajstić information content (AvgIpc) is 2.86. The summed E-state index contributed by atoms with van der Waals surface area (Å²) >= 11 is 0. The number of benzene rings is 3. The van der Waals surface area contributed by atoms with Crippen molar-refractivity contribution in [3.8, 4) is 0 Å². The summed E-state index contributed by atoms with van der Waals surface area (Å²) in [6, 6.07) is 26.0. The van der Waals surface area contributed by atoms with Gasteiger partial charge in [-0.1, -0.05) is 72.8 Å². The topological polar surface area (TPSA) is 55.8 Å². The van der Waals surface area contributed by atoms with Crippen LogP contribution in [0.5, 0.6) is 0 Å². The van der Waals surface area contributed by atoms with Gasteiger partial charge in [0.15, 0.2) is 5.78 Å². The molecule has 0 aromatic heterocycles. The number of nitrogens with zero attached hydrogens (tertiary/aromatic N) is 1. The standard InChI is InChI=1S/C31H35NO4/c1-22(23-12-8-6-9-13-23)36-32-30(2,3)20-27(21-31(32,4)5)35-29(34)26-18-16-25(17-19-26)28(33)24-14-10-7-11-15-24/h6-19,22,27H,20-21H2,1-5H3. The van der Waals surface area contributed by atoms with Crippen LogP contribution >= 0.6 is 0 Å². The second-order valence-electron chi connectivity index (χ2n) is 10.8. The molecule has 0 spiro atoms. The van der Waals surface area contributed by atoms with E-state index in [-0.39, 0.29) is 35.0 Å². The van der Waals surface area contributed by atoms with Crippen molar-refractivity contribution in [2.24, 2.45) is 0 Å². The minimum Gasteiger partial charge on any atom is -0.459 e. The molecule has 0 N–H and O–H groups in total. The molecule has 1 saturated heterocycles. The van der Waals surface area contributed by atoms with Gasteiger partial charge in [-0.25, -0.2) is 4.79 Å². The van der Waals surface area contributed by atoms with Crippen LogP contribution in [0.2, 0.25) is 0 Å². The van der Waals surface area contributed by atoms with Crippen molar-refractivity contribution in [2.75, 3.05) is 0 Å². The zero-order valence-corrected chi connectivity index (χ0v) is 21.7. The molecule has 36 heavy (non-hydrogen) atoms. The Kier molecular flexibility index (Phi) is 7.43. The van der Waals surface area contributed by atoms with E-state index < -0.39 is 0 Å². The third-order valence-electron chi connectivity index (χ3n) is 6.78. The monoisotopic (exact) mass is 485 g/mol. The van der Waals surface area contributed by atoms with Crippen LogP contribution in [0.25, 0.3) is 0 Å². The van der Waals surface area contributed by atoms with E-state index in [1.165, 1.54) is 0 Å². The van der Waals surface area contributed by atoms with Gasteiger partial charge >= 0.3 is 5.97 Å². The molecule has 1 fully saturated rings. The molecule has 4 rings (SSSR count). The first-order chi connectivity index (χ1) is 17.1. The van der Waals surface area contributed by atoms with Crippen molar-refractivity contribution < 1.29 is 19.2 Å². The number of piperidine rings is 1. The predicted octanol–water partition coefficient (Wildman–Crippen LogP) is 6.79. The van der Waals surface area contributed by atoms with Crippen molar-refractivity contribution >= 4 is 11.8 Å². The van der Waals surface area contributed by atoms with Crippen LogP contribution in [0.1, 0.15) is 85.4 Å². The van der Waals surface area contributed by atoms with Crippen LogP contribution in [0.15, 0.2) is 84.9 Å². The van der Waals surface area contributed by atoms with Gasteiger partial charge in [-0.15, -0.1) is 0 Å². The molecule has 3 aromatic carbocycles. The van der Waals surface area contributed by atoms with E-state index in [1.54, 1.807) is 36.4 Å². The molecule has 0 aliphatic carbocycles. The van der Waals surface area contributed by atoms with Gasteiger partial charge in [-0.3, -0.25) is 9.63 Å². The lowest BCUT2D eigenvalue weighted by atomic mass is 9.80. The summed E-state index contributed by atoms with van der Waals surface area (Å²) in [5, 5.41) is 2.08. The van der Waals surface area contributed by atoms with Crippen LogP contribution in [0, 0.1) is 0 Å². The maximum atomic E-state index is 13.0. The van der Waals surface area contributed by atoms with Gasteiger partial charge < -0.3 is 4.74 Å². The first-order valence-corrected chi connectivity index (χ1v) is 12.5. The highest BCUT2D eigenvalue weighted by molar-refractivity contribution is 6.09. The Morgan fingerprint density at radius 1 is 0.750 bits per heavy atom. The van der Waals surface area contributed by atoms with Gasteiger partial charge in [0.2, 0.25) is 0 Å². The van der Waals surface area contributed by atoms with Crippen LogP contribution in [0.4, 0.5) is 0 Å². The van der Waals surface area contributed by atoms with E-state index >= 15 is 0 Å². The van der Waals surface area contributed by atoms with Crippen LogP contribution in [-0.2, 0) is 9.57 Å². The smallest absolute Gasteiger partial charge is 0.338 e. The number of carbonyl (C=O) groups is 2. The molecule has 0 amide bonds. The van der Waals surface area contributed by atoms with Crippen LogP contribution in [-0.4, -0.2) is 34.0 Å². The summed E-state index contributed by atoms with van der Waals surface area (Å²) in [4.78, 5) is 32.1. The van der Waals surface area contributed by atoms with E-state index in [0.29, 0.717) is 29.5 Å². The number of ketones is 1. The van der Waals surface area contributed by atoms with Gasteiger partial charge in [0.05, 0.1) is 5.56 Å². The Morgan fingerprint density at radius 3 is 1.78 bits per heavy atom. The van der Waals surface area contributed by atoms with Gasteiger partial charge in [0, 0.05) is 35.0 Å². The quantitative estimate of drug-likeness (QED) is 0.272. The number of hydrogen-bond acceptors (Lipinski definition) is 5. The van der Waals surface area contributed by atoms with Crippen LogP contribution < -0.4 is 0 Å². The predicted molar refractivity (Wildman–Crippen MR) is 141 cm³/mol. The molecule has 1 aliphatic rings. The fraction of sp³-hybridized carbons (Fsp3) is 0.355. The summed E-state index contributed by atoms with van der Waals surface area (Å²) in [6.45, 7) is 10.5. The van der Waals surface area contributed by atoms with Crippen LogP contribution in [0.3, 0.4) is 0 Å². The van der Waals surface area contributed by atoms with E-state index in [0.717, 1.165) is 5.56 Å². The van der Waals surface area contributed by atoms with Gasteiger partial charge in [-0.05, 0) is 52.3 Å². The van der Waals surface area contributed by atoms with Gasteiger partial charge in [0.25, 0.3) is 0 Å². The Balaban J connectivity index is 1.41. The molecule has 0 bridgehead atoms. The molecule has 0 saturated carbocycles. The molecule has 5 nitrogen and oxygen atoms in total. The van der Waals surface area contributed by atoms with Crippen molar-refractivity contribution in [1.29, 1.82) is 0 Å². The number of esters is 1. The fourth-order valence-corrected chi connectivity index (χ4v) is 5.22. The van der Waals surface area contributed by atoms with E-state index in [1.807, 2.05) is 36.4 Å². The number of ether oxygens (including phenoxy) is 1. The van der Waals surface area contributed by atoms with Crippen molar-refractivity contribution in [2.45, 2.75) is 70.7 Å². The lowest BCUT2D eigenvalue weighted by Crippen LogP contribution is -2.62. The van der Waals surface area contributed by atoms with Crippen molar-refractivity contribution in [1.82, 2.24) is 5.06 Å². The fourth-order valence-electron chi connectivity index (χ4n) is 5.22. The highest BCUT2D eigenvalue weighted by Crippen LogP contribution is 2.41. The average molecular weight is 486 g/mol. The zero-order chi connectivity index (χ0) is 25.9. The molecule has 1 atom stereocenters. The lowest BCUT2D eigenvalue weighted by Gasteiger charge is -2.54. The van der Waals surface area contributed by atoms with E-state index in [4.69, 9.17) is 9.57 Å². The lowest BCUT2D eigenvalue weighted by molar-refractivity contribution is -0.313. The highest BCUT2D eigenvalue weighted by Gasteiger charge is 2.48. The normalized spacial score (nSPS) is 18.4. The first kappa shape index (κ1) is 25.8. The molecule has 1 unspecified atom stereocenters. The molecule has 1 heterocycles. The number of hydrogen-bond donors (Lipinski definition) is 0. The van der Waals surface area contributed by atoms with Crippen molar-refractivity contribution in [3.05, 3.63) is 107 Å². The van der Waals surface area contributed by atoms with Gasteiger partial charge in [-0.2, -0.15) is 5.06 Å². The molecule has 3 aromatic rings. The third kappa shape index (κ3) is 5.75. The number of hydroxylamine groups is 2. The summed E-state index contributed by atoms with van der Waals surface area (Å²) in [5.74, 6) is -0.451. The minimum atomic E-state index is -0.377. The van der Waals surface area contributed by atoms with E-state index in [2.05, 4.69) is 51.8 Å². The Hall–Kier alpha value is -3.28. The Labute approximate surface area is 214 Å². The third-order valence-corrected chi connectivity index (χ3v) is 6.78. The van der Waals surface area contributed by atoms with E-state index in [9.17, 15) is 9.59 Å². The van der Waals surface area contributed by atoms with Gasteiger partial charge in [0.1, 0.15) is 12.2 Å². The second kappa shape index (κ2) is 10.4. The molecular formula is C31H35NO4. The Morgan fingerprint density at radius 2 is 1.22 bits per heavy atom. The summed E-state index contributed by atoms with van der Waals surface area (Å²) in [6.07, 6.45) is 0.948. The molecule has 1 aliphatic heterocycles. The summed E-state index contributed by atoms with van der Waals surface area (Å²) in [7, 11) is 0. The molecule has 0 radical (unpaired) electrons. The molecule has 5 heteroatoms. The maximum Gasteiger partial charge on any atom is 0.338 e. The first-order valence-electron chi connectivity index (χ1n) is 12.5. The molecular weight excluding hydrogens is 450 g/mol. The van der Waals surface area contributed by atoms with Crippen molar-refractivity contribution in [3.63, 3.8) is 0 Å². The summed E-state index contributed by atoms with van der Waals surface area (Å²) in [5.41, 5.74) is 2.02. The Bertz CT molecular complexity index is 1170. The largest absolute Gasteiger partial charge is 0.459 e. The highest BCUT2D eigenvalue weighted by atomic mass is 16.7.